The molecule has 1 aliphatic heterocycles. The number of carbonyl (C=O) groups excluding carboxylic acids is 1. The lowest BCUT2D eigenvalue weighted by Crippen LogP contribution is -2.22. The van der Waals surface area contributed by atoms with Crippen molar-refractivity contribution in [2.75, 3.05) is 24.5 Å². The van der Waals surface area contributed by atoms with Crippen molar-refractivity contribution < 1.29 is 14.3 Å². The minimum atomic E-state index is -0.289. The number of benzene rings is 1. The van der Waals surface area contributed by atoms with Gasteiger partial charge in [-0.1, -0.05) is 23.1 Å². The van der Waals surface area contributed by atoms with Crippen LogP contribution < -0.4 is 20.1 Å². The molecule has 0 bridgehead atoms. The molecule has 116 valence electrons. The number of ether oxygens (including phenoxy) is 2. The number of fused-ring (bicyclic) bond motifs is 1. The van der Waals surface area contributed by atoms with Crippen molar-refractivity contribution in [3.63, 3.8) is 0 Å². The Hall–Kier alpha value is -2.00. The number of nitrogens with zero attached hydrogens (tertiary/aromatic N) is 2. The minimum absolute atomic E-state index is 0.106. The van der Waals surface area contributed by atoms with E-state index in [1.807, 2.05) is 6.92 Å². The highest BCUT2D eigenvalue weighted by Gasteiger charge is 2.19. The molecule has 0 fully saturated rings. The first kappa shape index (κ1) is 14.9. The Bertz CT molecular complexity index is 692. The molecule has 1 amide bonds. The molecule has 1 atom stereocenters. The molecule has 0 aliphatic carbocycles. The number of amides is 1. The number of anilines is 2. The van der Waals surface area contributed by atoms with Gasteiger partial charge in [-0.2, -0.15) is 0 Å². The lowest BCUT2D eigenvalue weighted by atomic mass is 10.2. The van der Waals surface area contributed by atoms with E-state index in [-0.39, 0.29) is 18.0 Å². The molecular formula is C13H14N4O3S2. The first-order valence-electron chi connectivity index (χ1n) is 6.54. The summed E-state index contributed by atoms with van der Waals surface area (Å²) >= 11 is 2.78. The van der Waals surface area contributed by atoms with Crippen LogP contribution in [-0.2, 0) is 4.79 Å². The maximum atomic E-state index is 12.2. The monoisotopic (exact) mass is 338 g/mol. The van der Waals surface area contributed by atoms with Crippen LogP contribution in [0.1, 0.15) is 6.92 Å². The normalized spacial score (nSPS) is 13.7. The molecule has 9 heteroatoms. The summed E-state index contributed by atoms with van der Waals surface area (Å²) in [5.74, 6) is 1.22. The van der Waals surface area contributed by atoms with Crippen molar-refractivity contribution in [3.8, 4) is 11.5 Å². The molecule has 1 aliphatic rings. The van der Waals surface area contributed by atoms with Gasteiger partial charge in [-0.25, -0.2) is 0 Å². The second kappa shape index (κ2) is 6.41. The van der Waals surface area contributed by atoms with Gasteiger partial charge in [0.25, 0.3) is 0 Å². The van der Waals surface area contributed by atoms with Crippen LogP contribution in [0.4, 0.5) is 10.8 Å². The smallest absolute Gasteiger partial charge is 0.237 e. The van der Waals surface area contributed by atoms with E-state index in [4.69, 9.17) is 9.47 Å². The van der Waals surface area contributed by atoms with Gasteiger partial charge in [0.15, 0.2) is 15.8 Å². The third-order valence-corrected chi connectivity index (χ3v) is 5.03. The second-order valence-electron chi connectivity index (χ2n) is 4.44. The third-order valence-electron chi connectivity index (χ3n) is 2.91. The number of rotatable bonds is 5. The zero-order chi connectivity index (χ0) is 15.5. The number of thioether (sulfide) groups is 1. The fourth-order valence-electron chi connectivity index (χ4n) is 1.78. The fourth-order valence-corrected chi connectivity index (χ4v) is 3.63. The summed E-state index contributed by atoms with van der Waals surface area (Å²) in [4.78, 5) is 12.2. The molecule has 1 aromatic carbocycles. The first-order valence-corrected chi connectivity index (χ1v) is 8.24. The van der Waals surface area contributed by atoms with Crippen LogP contribution >= 0.6 is 23.1 Å². The van der Waals surface area contributed by atoms with Gasteiger partial charge in [0.1, 0.15) is 0 Å². The van der Waals surface area contributed by atoms with Gasteiger partial charge >= 0.3 is 0 Å². The van der Waals surface area contributed by atoms with Crippen molar-refractivity contribution in [3.05, 3.63) is 18.2 Å². The Labute approximate surface area is 135 Å². The summed E-state index contributed by atoms with van der Waals surface area (Å²) in [6, 6.07) is 5.31. The van der Waals surface area contributed by atoms with Crippen molar-refractivity contribution in [2.24, 2.45) is 0 Å². The topological polar surface area (TPSA) is 85.4 Å². The number of hydrogen-bond acceptors (Lipinski definition) is 8. The number of carbonyl (C=O) groups is 1. The van der Waals surface area contributed by atoms with Gasteiger partial charge in [0.05, 0.1) is 5.25 Å². The summed E-state index contributed by atoms with van der Waals surface area (Å²) in [6.07, 6.45) is 0. The van der Waals surface area contributed by atoms with Crippen LogP contribution in [0.25, 0.3) is 0 Å². The highest BCUT2D eigenvalue weighted by molar-refractivity contribution is 8.02. The van der Waals surface area contributed by atoms with Gasteiger partial charge in [-0.05, 0) is 19.1 Å². The van der Waals surface area contributed by atoms with E-state index in [1.165, 1.54) is 23.1 Å². The van der Waals surface area contributed by atoms with Crippen LogP contribution in [-0.4, -0.2) is 35.2 Å². The molecule has 0 unspecified atom stereocenters. The lowest BCUT2D eigenvalue weighted by Gasteiger charge is -2.10. The van der Waals surface area contributed by atoms with Crippen LogP contribution in [0.15, 0.2) is 22.5 Å². The van der Waals surface area contributed by atoms with Crippen LogP contribution in [0.5, 0.6) is 11.5 Å². The van der Waals surface area contributed by atoms with Gasteiger partial charge < -0.3 is 20.1 Å². The lowest BCUT2D eigenvalue weighted by molar-refractivity contribution is -0.115. The first-order chi connectivity index (χ1) is 10.7. The SMILES string of the molecule is CNc1nnc(S[C@H](C)C(=O)Nc2ccc3c(c2)OCO3)s1. The van der Waals surface area contributed by atoms with Gasteiger partial charge in [0.2, 0.25) is 17.8 Å². The maximum Gasteiger partial charge on any atom is 0.237 e. The van der Waals surface area contributed by atoms with Crippen molar-refractivity contribution in [1.82, 2.24) is 10.2 Å². The highest BCUT2D eigenvalue weighted by Crippen LogP contribution is 2.34. The Balaban J connectivity index is 1.61. The summed E-state index contributed by atoms with van der Waals surface area (Å²) in [5.41, 5.74) is 0.676. The van der Waals surface area contributed by atoms with E-state index in [1.54, 1.807) is 25.2 Å². The fraction of sp³-hybridized carbons (Fsp3) is 0.308. The molecule has 2 N–H and O–H groups in total. The summed E-state index contributed by atoms with van der Waals surface area (Å²) < 4.78 is 11.3. The molecule has 0 radical (unpaired) electrons. The van der Waals surface area contributed by atoms with Crippen molar-refractivity contribution in [1.29, 1.82) is 0 Å². The van der Waals surface area contributed by atoms with Crippen molar-refractivity contribution >= 4 is 39.8 Å². The Morgan fingerprint density at radius 1 is 1.36 bits per heavy atom. The van der Waals surface area contributed by atoms with E-state index in [0.717, 1.165) is 9.47 Å². The average Bonchev–Trinajstić information content (AvgIpc) is 3.15. The molecule has 0 saturated heterocycles. The largest absolute Gasteiger partial charge is 0.454 e. The van der Waals surface area contributed by atoms with Crippen LogP contribution in [0.3, 0.4) is 0 Å². The standard InChI is InChI=1S/C13H14N4O3S2/c1-7(21-13-17-16-12(14-2)22-13)11(18)15-8-3-4-9-10(5-8)20-6-19-9/h3-5,7H,6H2,1-2H3,(H,14,16)(H,15,18)/t7-/m1/s1. The molecule has 22 heavy (non-hydrogen) atoms. The average molecular weight is 338 g/mol. The van der Waals surface area contributed by atoms with Gasteiger partial charge in [-0.3, -0.25) is 4.79 Å². The van der Waals surface area contributed by atoms with E-state index in [9.17, 15) is 4.79 Å². The van der Waals surface area contributed by atoms with E-state index in [0.29, 0.717) is 17.2 Å². The Kier molecular flexibility index (Phi) is 4.34. The minimum Gasteiger partial charge on any atom is -0.454 e. The number of aromatic nitrogens is 2. The summed E-state index contributed by atoms with van der Waals surface area (Å²) in [5, 5.41) is 14.2. The summed E-state index contributed by atoms with van der Waals surface area (Å²) in [7, 11) is 1.78. The van der Waals surface area contributed by atoms with E-state index in [2.05, 4.69) is 20.8 Å². The second-order valence-corrected chi connectivity index (χ2v) is 7.01. The van der Waals surface area contributed by atoms with E-state index >= 15 is 0 Å². The predicted octanol–water partition coefficient (Wildman–Crippen LogP) is 2.43. The van der Waals surface area contributed by atoms with Crippen molar-refractivity contribution in [2.45, 2.75) is 16.5 Å². The van der Waals surface area contributed by atoms with Crippen LogP contribution in [0.2, 0.25) is 0 Å². The van der Waals surface area contributed by atoms with Crippen LogP contribution in [0, 0.1) is 0 Å². The molecule has 2 aromatic rings. The third kappa shape index (κ3) is 3.25. The molecular weight excluding hydrogens is 324 g/mol. The Morgan fingerprint density at radius 2 is 2.18 bits per heavy atom. The predicted molar refractivity (Wildman–Crippen MR) is 86.0 cm³/mol. The molecule has 7 nitrogen and oxygen atoms in total. The number of hydrogen-bond donors (Lipinski definition) is 2. The molecule has 0 saturated carbocycles. The molecule has 1 aromatic heterocycles. The molecule has 2 heterocycles. The quantitative estimate of drug-likeness (QED) is 0.810. The van der Waals surface area contributed by atoms with Gasteiger partial charge in [-0.15, -0.1) is 10.2 Å². The zero-order valence-corrected chi connectivity index (χ0v) is 13.6. The molecule has 0 spiro atoms. The summed E-state index contributed by atoms with van der Waals surface area (Å²) in [6.45, 7) is 2.04. The maximum absolute atomic E-state index is 12.2. The van der Waals surface area contributed by atoms with Gasteiger partial charge in [0, 0.05) is 18.8 Å². The number of nitrogens with one attached hydrogen (secondary N) is 2. The van der Waals surface area contributed by atoms with E-state index < -0.39 is 0 Å². The zero-order valence-electron chi connectivity index (χ0n) is 12.0. The molecule has 3 rings (SSSR count). The Morgan fingerprint density at radius 3 is 2.95 bits per heavy atom. The highest BCUT2D eigenvalue weighted by atomic mass is 32.2.